The van der Waals surface area contributed by atoms with Gasteiger partial charge >= 0.3 is 5.56 Å². The highest BCUT2D eigenvalue weighted by atomic mass is 16.3. The molecule has 30 heavy (non-hydrogen) atoms. The molecule has 152 valence electrons. The summed E-state index contributed by atoms with van der Waals surface area (Å²) in [6, 6.07) is 5.49. The zero-order chi connectivity index (χ0) is 21.6. The van der Waals surface area contributed by atoms with Crippen LogP contribution in [0.3, 0.4) is 0 Å². The number of hydrogen-bond donors (Lipinski definition) is 1. The molecule has 4 rings (SSSR count). The Morgan fingerprint density at radius 1 is 0.900 bits per heavy atom. The number of pyridine rings is 1. The molecule has 0 fully saturated rings. The van der Waals surface area contributed by atoms with E-state index in [1.165, 1.54) is 11.9 Å². The summed E-state index contributed by atoms with van der Waals surface area (Å²) in [5.74, 6) is -0.0519. The van der Waals surface area contributed by atoms with Gasteiger partial charge in [-0.05, 0) is 68.5 Å². The molecular formula is C24H25N4O2+. The van der Waals surface area contributed by atoms with E-state index in [2.05, 4.69) is 30.7 Å². The molecule has 1 N–H and O–H groups in total. The largest absolute Gasteiger partial charge is 0.477 e. The smallest absolute Gasteiger partial charge is 0.354 e. The van der Waals surface area contributed by atoms with Gasteiger partial charge in [0.05, 0.1) is 6.20 Å². The average molecular weight is 401 g/mol. The van der Waals surface area contributed by atoms with Gasteiger partial charge in [0.1, 0.15) is 12.9 Å². The molecule has 0 amide bonds. The fourth-order valence-electron chi connectivity index (χ4n) is 4.13. The SMILES string of the molecule is Cc1c(C)c(C)c(-c2c(O)[n+](Cc3cncnc3)c3ccccn3c2=O)c(C)c1C. The van der Waals surface area contributed by atoms with Crippen molar-refractivity contribution < 1.29 is 9.67 Å². The molecule has 6 nitrogen and oxygen atoms in total. The molecule has 3 heterocycles. The van der Waals surface area contributed by atoms with Gasteiger partial charge in [0.2, 0.25) is 0 Å². The molecule has 0 aliphatic heterocycles. The first-order chi connectivity index (χ1) is 14.3. The Balaban J connectivity index is 2.12. The topological polar surface area (TPSA) is 71.4 Å². The fraction of sp³-hybridized carbons (Fsp3) is 0.250. The third kappa shape index (κ3) is 2.96. The molecule has 4 aromatic rings. The second kappa shape index (κ2) is 7.37. The Hall–Kier alpha value is -3.54. The van der Waals surface area contributed by atoms with E-state index in [9.17, 15) is 9.90 Å². The Morgan fingerprint density at radius 2 is 1.50 bits per heavy atom. The zero-order valence-corrected chi connectivity index (χ0v) is 17.9. The van der Waals surface area contributed by atoms with E-state index in [-0.39, 0.29) is 11.4 Å². The molecule has 0 saturated heterocycles. The summed E-state index contributed by atoms with van der Waals surface area (Å²) < 4.78 is 3.32. The summed E-state index contributed by atoms with van der Waals surface area (Å²) in [7, 11) is 0. The zero-order valence-electron chi connectivity index (χ0n) is 17.9. The van der Waals surface area contributed by atoms with Crippen LogP contribution in [0.15, 0.2) is 47.9 Å². The van der Waals surface area contributed by atoms with E-state index in [0.717, 1.165) is 33.4 Å². The van der Waals surface area contributed by atoms with Gasteiger partial charge in [-0.15, -0.1) is 0 Å². The molecule has 0 atom stereocenters. The number of nitrogens with zero attached hydrogens (tertiary/aromatic N) is 4. The van der Waals surface area contributed by atoms with E-state index >= 15 is 0 Å². The van der Waals surface area contributed by atoms with Crippen molar-refractivity contribution in [2.75, 3.05) is 0 Å². The highest BCUT2D eigenvalue weighted by Gasteiger charge is 2.28. The summed E-state index contributed by atoms with van der Waals surface area (Å²) in [4.78, 5) is 21.7. The van der Waals surface area contributed by atoms with Gasteiger partial charge < -0.3 is 5.11 Å². The average Bonchev–Trinajstić information content (AvgIpc) is 2.77. The Morgan fingerprint density at radius 3 is 2.13 bits per heavy atom. The lowest BCUT2D eigenvalue weighted by Gasteiger charge is -2.19. The van der Waals surface area contributed by atoms with Gasteiger partial charge in [-0.3, -0.25) is 0 Å². The second-order valence-electron chi connectivity index (χ2n) is 7.77. The Kier molecular flexibility index (Phi) is 4.86. The first-order valence-corrected chi connectivity index (χ1v) is 9.90. The molecule has 3 aromatic heterocycles. The lowest BCUT2D eigenvalue weighted by molar-refractivity contribution is -0.671. The first-order valence-electron chi connectivity index (χ1n) is 9.90. The molecule has 1 aromatic carbocycles. The third-order valence-corrected chi connectivity index (χ3v) is 6.23. The predicted molar refractivity (Wildman–Crippen MR) is 116 cm³/mol. The van der Waals surface area contributed by atoms with Crippen molar-refractivity contribution in [3.63, 3.8) is 0 Å². The summed E-state index contributed by atoms with van der Waals surface area (Å²) in [5.41, 5.74) is 7.80. The van der Waals surface area contributed by atoms with Crippen molar-refractivity contribution in [1.29, 1.82) is 0 Å². The lowest BCUT2D eigenvalue weighted by Crippen LogP contribution is -2.41. The van der Waals surface area contributed by atoms with Gasteiger partial charge in [-0.1, -0.05) is 6.07 Å². The van der Waals surface area contributed by atoms with Gasteiger partial charge in [-0.2, -0.15) is 8.97 Å². The highest BCUT2D eigenvalue weighted by Crippen LogP contribution is 2.35. The normalized spacial score (nSPS) is 11.2. The number of aromatic hydroxyl groups is 1. The maximum Gasteiger partial charge on any atom is 0.354 e. The van der Waals surface area contributed by atoms with Crippen molar-refractivity contribution >= 4 is 5.65 Å². The molecule has 0 unspecified atom stereocenters. The van der Waals surface area contributed by atoms with Gasteiger partial charge in [0.25, 0.3) is 11.5 Å². The van der Waals surface area contributed by atoms with Crippen LogP contribution in [-0.4, -0.2) is 19.5 Å². The van der Waals surface area contributed by atoms with Crippen molar-refractivity contribution in [1.82, 2.24) is 14.4 Å². The first kappa shape index (κ1) is 19.8. The van der Waals surface area contributed by atoms with Crippen molar-refractivity contribution in [2.45, 2.75) is 41.2 Å². The number of fused-ring (bicyclic) bond motifs is 1. The van der Waals surface area contributed by atoms with Crippen LogP contribution < -0.4 is 10.1 Å². The van der Waals surface area contributed by atoms with Crippen LogP contribution in [-0.2, 0) is 6.54 Å². The van der Waals surface area contributed by atoms with Crippen LogP contribution in [0.1, 0.15) is 33.4 Å². The maximum atomic E-state index is 13.5. The van der Waals surface area contributed by atoms with E-state index < -0.39 is 0 Å². The number of benzene rings is 1. The monoisotopic (exact) mass is 401 g/mol. The van der Waals surface area contributed by atoms with Gasteiger partial charge in [0.15, 0.2) is 5.56 Å². The highest BCUT2D eigenvalue weighted by molar-refractivity contribution is 5.77. The maximum absolute atomic E-state index is 13.5. The van der Waals surface area contributed by atoms with Crippen LogP contribution in [0.4, 0.5) is 0 Å². The fourth-order valence-corrected chi connectivity index (χ4v) is 4.13. The summed E-state index contributed by atoms with van der Waals surface area (Å²) in [6.07, 6.45) is 6.62. The van der Waals surface area contributed by atoms with Crippen LogP contribution in [0.5, 0.6) is 5.88 Å². The molecule has 0 aliphatic carbocycles. The summed E-state index contributed by atoms with van der Waals surface area (Å²) in [6.45, 7) is 10.6. The summed E-state index contributed by atoms with van der Waals surface area (Å²) >= 11 is 0. The number of rotatable bonds is 3. The van der Waals surface area contributed by atoms with Gasteiger partial charge in [-0.25, -0.2) is 14.8 Å². The van der Waals surface area contributed by atoms with Crippen LogP contribution in [0.25, 0.3) is 16.8 Å². The number of aromatic nitrogens is 4. The third-order valence-electron chi connectivity index (χ3n) is 6.23. The molecule has 0 saturated carbocycles. The minimum atomic E-state index is -0.238. The quantitative estimate of drug-likeness (QED) is 0.535. The Labute approximate surface area is 175 Å². The van der Waals surface area contributed by atoms with E-state index in [1.54, 1.807) is 27.6 Å². The molecule has 6 heteroatoms. The second-order valence-corrected chi connectivity index (χ2v) is 7.77. The van der Waals surface area contributed by atoms with E-state index in [1.807, 2.05) is 32.0 Å². The predicted octanol–water partition coefficient (Wildman–Crippen LogP) is 3.34. The molecule has 0 spiro atoms. The molecule has 0 bridgehead atoms. The van der Waals surface area contributed by atoms with Crippen LogP contribution in [0.2, 0.25) is 0 Å². The van der Waals surface area contributed by atoms with Crippen LogP contribution in [0, 0.1) is 34.6 Å². The molecule has 0 aliphatic rings. The minimum absolute atomic E-state index is 0.0519. The van der Waals surface area contributed by atoms with Gasteiger partial charge in [0, 0.05) is 29.6 Å². The van der Waals surface area contributed by atoms with Crippen molar-refractivity contribution in [2.24, 2.45) is 0 Å². The molecular weight excluding hydrogens is 376 g/mol. The summed E-state index contributed by atoms with van der Waals surface area (Å²) in [5, 5.41) is 11.4. The minimum Gasteiger partial charge on any atom is -0.477 e. The van der Waals surface area contributed by atoms with Crippen molar-refractivity contribution in [3.05, 3.63) is 86.9 Å². The molecule has 0 radical (unpaired) electrons. The van der Waals surface area contributed by atoms with Crippen molar-refractivity contribution in [3.8, 4) is 17.0 Å². The lowest BCUT2D eigenvalue weighted by atomic mass is 9.87. The standard InChI is InChI=1S/C24H24N4O2/c1-14-15(2)17(4)21(18(5)16(14)3)22-23(29)27-9-7-6-8-20(27)28(24(22)30)12-19-10-25-13-26-11-19/h6-11,13H,12H2,1-5H3/p+1. The Bertz CT molecular complexity index is 1310. The van der Waals surface area contributed by atoms with E-state index in [0.29, 0.717) is 17.8 Å². The van der Waals surface area contributed by atoms with E-state index in [4.69, 9.17) is 0 Å². The number of hydrogen-bond acceptors (Lipinski definition) is 4. The van der Waals surface area contributed by atoms with Crippen LogP contribution >= 0.6 is 0 Å².